The Morgan fingerprint density at radius 3 is 2.40 bits per heavy atom. The number of halogens is 1. The van der Waals surface area contributed by atoms with E-state index in [0.29, 0.717) is 21.5 Å². The van der Waals surface area contributed by atoms with Crippen LogP contribution >= 0.6 is 11.6 Å². The highest BCUT2D eigenvalue weighted by Gasteiger charge is 2.21. The maximum Gasteiger partial charge on any atom is 0.308 e. The van der Waals surface area contributed by atoms with Crippen LogP contribution in [-0.4, -0.2) is 18.0 Å². The number of esters is 2. The number of benzene rings is 2. The van der Waals surface area contributed by atoms with Crippen molar-refractivity contribution in [3.8, 4) is 17.2 Å². The predicted octanol–water partition coefficient (Wildman–Crippen LogP) is 4.91. The Morgan fingerprint density at radius 1 is 1.12 bits per heavy atom. The summed E-state index contributed by atoms with van der Waals surface area (Å²) in [4.78, 5) is 23.0. The third-order valence-corrected chi connectivity index (χ3v) is 3.83. The van der Waals surface area contributed by atoms with Crippen LogP contribution in [0.1, 0.15) is 40.5 Å². The summed E-state index contributed by atoms with van der Waals surface area (Å²) in [6.45, 7) is 6.60. The fraction of sp³-hybridized carbons (Fsp3) is 0.368. The second-order valence-corrected chi connectivity index (χ2v) is 6.18. The van der Waals surface area contributed by atoms with Crippen LogP contribution < -0.4 is 14.2 Å². The first-order chi connectivity index (χ1) is 11.8. The summed E-state index contributed by atoms with van der Waals surface area (Å²) in [6.07, 6.45) is 1.68. The molecule has 2 aromatic carbocycles. The molecule has 0 aliphatic rings. The number of carbonyl (C=O) groups excluding carboxylic acids is 2. The minimum absolute atomic E-state index is 0.0962. The Balaban J connectivity index is 2.70. The number of ether oxygens (including phenoxy) is 3. The Labute approximate surface area is 151 Å². The first kappa shape index (κ1) is 19.1. The van der Waals surface area contributed by atoms with E-state index in [9.17, 15) is 9.59 Å². The summed E-state index contributed by atoms with van der Waals surface area (Å²) >= 11 is 6.29. The molecule has 0 aliphatic carbocycles. The molecule has 134 valence electrons. The first-order valence-electron chi connectivity index (χ1n) is 8.12. The van der Waals surface area contributed by atoms with Crippen LogP contribution in [-0.2, 0) is 9.59 Å². The van der Waals surface area contributed by atoms with Crippen molar-refractivity contribution in [1.29, 1.82) is 0 Å². The van der Waals surface area contributed by atoms with Gasteiger partial charge < -0.3 is 14.2 Å². The Bertz CT molecular complexity index is 800. The molecule has 0 aliphatic heterocycles. The summed E-state index contributed by atoms with van der Waals surface area (Å²) in [7, 11) is 0. The number of fused-ring (bicyclic) bond motifs is 1. The van der Waals surface area contributed by atoms with Gasteiger partial charge in [0, 0.05) is 30.7 Å². The van der Waals surface area contributed by atoms with Gasteiger partial charge in [-0.3, -0.25) is 9.59 Å². The van der Waals surface area contributed by atoms with Crippen molar-refractivity contribution in [1.82, 2.24) is 0 Å². The van der Waals surface area contributed by atoms with Crippen molar-refractivity contribution in [2.45, 2.75) is 46.6 Å². The molecule has 6 heteroatoms. The van der Waals surface area contributed by atoms with Gasteiger partial charge in [0.2, 0.25) is 0 Å². The Kier molecular flexibility index (Phi) is 6.26. The van der Waals surface area contributed by atoms with Crippen molar-refractivity contribution >= 4 is 34.3 Å². The number of rotatable bonds is 6. The van der Waals surface area contributed by atoms with Gasteiger partial charge in [-0.2, -0.15) is 0 Å². The van der Waals surface area contributed by atoms with Gasteiger partial charge in [-0.1, -0.05) is 37.1 Å². The van der Waals surface area contributed by atoms with E-state index in [4.69, 9.17) is 25.8 Å². The fourth-order valence-electron chi connectivity index (χ4n) is 2.61. The lowest BCUT2D eigenvalue weighted by Crippen LogP contribution is -2.13. The van der Waals surface area contributed by atoms with Crippen LogP contribution in [0, 0.1) is 0 Å². The summed E-state index contributed by atoms with van der Waals surface area (Å²) in [5.41, 5.74) is 0. The van der Waals surface area contributed by atoms with E-state index < -0.39 is 11.9 Å². The lowest BCUT2D eigenvalue weighted by molar-refractivity contribution is -0.133. The number of hydrogen-bond acceptors (Lipinski definition) is 5. The standard InChI is InChI=1S/C19H21ClO5/c1-5-7-11(2)23-17-10-16(24-12(3)21)18-14(8-6-9-15(18)20)19(17)25-13(4)22/h6,8-11H,5,7H2,1-4H3. The Morgan fingerprint density at radius 2 is 1.80 bits per heavy atom. The van der Waals surface area contributed by atoms with Crippen molar-refractivity contribution in [3.05, 3.63) is 29.3 Å². The van der Waals surface area contributed by atoms with Gasteiger partial charge in [0.1, 0.15) is 5.75 Å². The third-order valence-electron chi connectivity index (χ3n) is 3.51. The van der Waals surface area contributed by atoms with E-state index in [1.54, 1.807) is 24.3 Å². The van der Waals surface area contributed by atoms with E-state index in [0.717, 1.165) is 12.8 Å². The largest absolute Gasteiger partial charge is 0.487 e. The summed E-state index contributed by atoms with van der Waals surface area (Å²) in [5.74, 6) is -0.0859. The van der Waals surface area contributed by atoms with E-state index in [-0.39, 0.29) is 17.6 Å². The minimum Gasteiger partial charge on any atom is -0.487 e. The molecule has 0 radical (unpaired) electrons. The molecule has 0 heterocycles. The quantitative estimate of drug-likeness (QED) is 0.538. The monoisotopic (exact) mass is 364 g/mol. The second-order valence-electron chi connectivity index (χ2n) is 5.77. The minimum atomic E-state index is -0.478. The topological polar surface area (TPSA) is 61.8 Å². The second kappa shape index (κ2) is 8.21. The molecule has 1 atom stereocenters. The summed E-state index contributed by atoms with van der Waals surface area (Å²) in [5, 5.41) is 1.42. The van der Waals surface area contributed by atoms with Crippen molar-refractivity contribution in [3.63, 3.8) is 0 Å². The van der Waals surface area contributed by atoms with Gasteiger partial charge in [0.25, 0.3) is 0 Å². The molecule has 2 rings (SSSR count). The van der Waals surface area contributed by atoms with E-state index in [1.165, 1.54) is 13.8 Å². The highest BCUT2D eigenvalue weighted by molar-refractivity contribution is 6.36. The summed E-state index contributed by atoms with van der Waals surface area (Å²) in [6, 6.07) is 6.69. The molecule has 0 amide bonds. The molecular weight excluding hydrogens is 344 g/mol. The molecular formula is C19H21ClO5. The maximum atomic E-state index is 11.6. The molecule has 0 aromatic heterocycles. The number of carbonyl (C=O) groups is 2. The molecule has 2 aromatic rings. The van der Waals surface area contributed by atoms with Crippen LogP contribution in [0.25, 0.3) is 10.8 Å². The van der Waals surface area contributed by atoms with Gasteiger partial charge in [0.15, 0.2) is 11.5 Å². The average Bonchev–Trinajstić information content (AvgIpc) is 2.50. The molecule has 0 saturated heterocycles. The average molecular weight is 365 g/mol. The molecule has 25 heavy (non-hydrogen) atoms. The van der Waals surface area contributed by atoms with Crippen LogP contribution in [0.5, 0.6) is 17.2 Å². The molecule has 0 N–H and O–H groups in total. The van der Waals surface area contributed by atoms with Crippen LogP contribution in [0.3, 0.4) is 0 Å². The van der Waals surface area contributed by atoms with Crippen molar-refractivity contribution in [2.75, 3.05) is 0 Å². The van der Waals surface area contributed by atoms with Gasteiger partial charge >= 0.3 is 11.9 Å². The van der Waals surface area contributed by atoms with E-state index in [2.05, 4.69) is 6.92 Å². The smallest absolute Gasteiger partial charge is 0.308 e. The highest BCUT2D eigenvalue weighted by atomic mass is 35.5. The third kappa shape index (κ3) is 4.63. The lowest BCUT2D eigenvalue weighted by Gasteiger charge is -2.20. The van der Waals surface area contributed by atoms with E-state index >= 15 is 0 Å². The van der Waals surface area contributed by atoms with Crippen LogP contribution in [0.4, 0.5) is 0 Å². The van der Waals surface area contributed by atoms with Crippen LogP contribution in [0.15, 0.2) is 24.3 Å². The normalized spacial score (nSPS) is 11.9. The molecule has 0 bridgehead atoms. The van der Waals surface area contributed by atoms with Gasteiger partial charge in [-0.25, -0.2) is 0 Å². The SMILES string of the molecule is CCCC(C)Oc1cc(OC(C)=O)c2c(Cl)cccc2c1OC(C)=O. The van der Waals surface area contributed by atoms with Gasteiger partial charge in [-0.15, -0.1) is 0 Å². The van der Waals surface area contributed by atoms with Crippen molar-refractivity contribution in [2.24, 2.45) is 0 Å². The molecule has 0 spiro atoms. The predicted molar refractivity (Wildman–Crippen MR) is 96.6 cm³/mol. The highest BCUT2D eigenvalue weighted by Crippen LogP contribution is 2.45. The lowest BCUT2D eigenvalue weighted by atomic mass is 10.1. The molecule has 0 fully saturated rings. The number of hydrogen-bond donors (Lipinski definition) is 0. The zero-order valence-electron chi connectivity index (χ0n) is 14.7. The summed E-state index contributed by atoms with van der Waals surface area (Å²) < 4.78 is 16.6. The van der Waals surface area contributed by atoms with E-state index in [1.807, 2.05) is 6.92 Å². The first-order valence-corrected chi connectivity index (χ1v) is 8.50. The van der Waals surface area contributed by atoms with Crippen LogP contribution in [0.2, 0.25) is 5.02 Å². The maximum absolute atomic E-state index is 11.6. The zero-order valence-corrected chi connectivity index (χ0v) is 15.5. The zero-order chi connectivity index (χ0) is 18.6. The molecule has 5 nitrogen and oxygen atoms in total. The van der Waals surface area contributed by atoms with Crippen molar-refractivity contribution < 1.29 is 23.8 Å². The Hall–Kier alpha value is -2.27. The molecule has 0 saturated carbocycles. The molecule has 1 unspecified atom stereocenters. The van der Waals surface area contributed by atoms with Gasteiger partial charge in [0.05, 0.1) is 11.1 Å². The van der Waals surface area contributed by atoms with Gasteiger partial charge in [-0.05, 0) is 19.4 Å². The fourth-order valence-corrected chi connectivity index (χ4v) is 2.88.